The van der Waals surface area contributed by atoms with Crippen molar-refractivity contribution in [1.29, 1.82) is 0 Å². The third-order valence-electron chi connectivity index (χ3n) is 4.14. The van der Waals surface area contributed by atoms with Crippen molar-refractivity contribution in [3.05, 3.63) is 35.9 Å². The second-order valence-corrected chi connectivity index (χ2v) is 5.26. The van der Waals surface area contributed by atoms with E-state index in [1.54, 1.807) is 0 Å². The van der Waals surface area contributed by atoms with Crippen LogP contribution in [0.5, 0.6) is 0 Å². The SMILES string of the molecule is C[C@]1(CCc2ccccc2)C(=O)CC[C@@H]1C(=O)O. The second kappa shape index (κ2) is 4.92. The molecule has 18 heavy (non-hydrogen) atoms. The average molecular weight is 246 g/mol. The van der Waals surface area contributed by atoms with Gasteiger partial charge in [0.2, 0.25) is 0 Å². The van der Waals surface area contributed by atoms with Gasteiger partial charge >= 0.3 is 5.97 Å². The van der Waals surface area contributed by atoms with E-state index in [1.165, 1.54) is 0 Å². The quantitative estimate of drug-likeness (QED) is 0.888. The van der Waals surface area contributed by atoms with Gasteiger partial charge in [-0.25, -0.2) is 0 Å². The molecule has 0 amide bonds. The van der Waals surface area contributed by atoms with Crippen LogP contribution in [0.3, 0.4) is 0 Å². The number of benzene rings is 1. The molecule has 0 unspecified atom stereocenters. The van der Waals surface area contributed by atoms with E-state index in [0.717, 1.165) is 12.0 Å². The highest BCUT2D eigenvalue weighted by Gasteiger charge is 2.49. The van der Waals surface area contributed by atoms with E-state index in [-0.39, 0.29) is 5.78 Å². The van der Waals surface area contributed by atoms with Crippen LogP contribution in [0.4, 0.5) is 0 Å². The summed E-state index contributed by atoms with van der Waals surface area (Å²) in [6.07, 6.45) is 2.27. The lowest BCUT2D eigenvalue weighted by molar-refractivity contribution is -0.148. The van der Waals surface area contributed by atoms with Crippen molar-refractivity contribution in [2.75, 3.05) is 0 Å². The third-order valence-corrected chi connectivity index (χ3v) is 4.14. The molecule has 0 aliphatic heterocycles. The Bertz CT molecular complexity index is 452. The Labute approximate surface area is 107 Å². The minimum atomic E-state index is -0.837. The second-order valence-electron chi connectivity index (χ2n) is 5.26. The zero-order valence-electron chi connectivity index (χ0n) is 10.6. The van der Waals surface area contributed by atoms with Gasteiger partial charge in [-0.3, -0.25) is 9.59 Å². The smallest absolute Gasteiger partial charge is 0.307 e. The maximum atomic E-state index is 12.0. The molecule has 3 heteroatoms. The van der Waals surface area contributed by atoms with Gasteiger partial charge in [-0.15, -0.1) is 0 Å². The van der Waals surface area contributed by atoms with Gasteiger partial charge in [0.25, 0.3) is 0 Å². The zero-order chi connectivity index (χ0) is 13.2. The molecule has 0 saturated heterocycles. The number of hydrogen-bond acceptors (Lipinski definition) is 2. The number of carbonyl (C=O) groups excluding carboxylic acids is 1. The molecule has 0 aromatic heterocycles. The van der Waals surface area contributed by atoms with Crippen LogP contribution in [-0.4, -0.2) is 16.9 Å². The molecule has 0 heterocycles. The number of rotatable bonds is 4. The Morgan fingerprint density at radius 2 is 2.06 bits per heavy atom. The van der Waals surface area contributed by atoms with E-state index in [0.29, 0.717) is 19.3 Å². The molecule has 0 radical (unpaired) electrons. The summed E-state index contributed by atoms with van der Waals surface area (Å²) >= 11 is 0. The van der Waals surface area contributed by atoms with Gasteiger partial charge in [-0.2, -0.15) is 0 Å². The summed E-state index contributed by atoms with van der Waals surface area (Å²) in [6, 6.07) is 9.90. The highest BCUT2D eigenvalue weighted by Crippen LogP contribution is 2.43. The van der Waals surface area contributed by atoms with Crippen LogP contribution in [0.25, 0.3) is 0 Å². The van der Waals surface area contributed by atoms with Gasteiger partial charge < -0.3 is 5.11 Å². The van der Waals surface area contributed by atoms with Crippen molar-refractivity contribution < 1.29 is 14.7 Å². The maximum absolute atomic E-state index is 12.0. The molecule has 2 atom stereocenters. The Hall–Kier alpha value is -1.64. The lowest BCUT2D eigenvalue weighted by atomic mass is 9.75. The van der Waals surface area contributed by atoms with Gasteiger partial charge in [0, 0.05) is 11.8 Å². The van der Waals surface area contributed by atoms with Gasteiger partial charge in [0.05, 0.1) is 5.92 Å². The molecule has 1 saturated carbocycles. The van der Waals surface area contributed by atoms with Crippen LogP contribution >= 0.6 is 0 Å². The Morgan fingerprint density at radius 1 is 1.39 bits per heavy atom. The number of Topliss-reactive ketones (excluding diaryl/α,β-unsaturated/α-hetero) is 1. The lowest BCUT2D eigenvalue weighted by Gasteiger charge is -2.27. The van der Waals surface area contributed by atoms with Gasteiger partial charge in [0.15, 0.2) is 0 Å². The van der Waals surface area contributed by atoms with Gasteiger partial charge in [-0.05, 0) is 24.8 Å². The van der Waals surface area contributed by atoms with Crippen LogP contribution in [0.2, 0.25) is 0 Å². The van der Waals surface area contributed by atoms with E-state index < -0.39 is 17.3 Å². The number of carboxylic acids is 1. The lowest BCUT2D eigenvalue weighted by Crippen LogP contribution is -2.34. The number of carbonyl (C=O) groups is 2. The molecule has 1 aromatic carbocycles. The zero-order valence-corrected chi connectivity index (χ0v) is 10.6. The highest BCUT2D eigenvalue weighted by atomic mass is 16.4. The molecular formula is C15H18O3. The molecule has 0 bridgehead atoms. The van der Waals surface area contributed by atoms with Crippen LogP contribution in [0.1, 0.15) is 31.7 Å². The third kappa shape index (κ3) is 2.30. The molecule has 1 aliphatic rings. The molecule has 1 aromatic rings. The molecule has 1 N–H and O–H groups in total. The van der Waals surface area contributed by atoms with Crippen molar-refractivity contribution in [2.45, 2.75) is 32.6 Å². The van der Waals surface area contributed by atoms with Crippen LogP contribution < -0.4 is 0 Å². The summed E-state index contributed by atoms with van der Waals surface area (Å²) in [5.41, 5.74) is 0.462. The number of aliphatic carboxylic acids is 1. The fraction of sp³-hybridized carbons (Fsp3) is 0.467. The van der Waals surface area contributed by atoms with E-state index in [1.807, 2.05) is 37.3 Å². The van der Waals surface area contributed by atoms with E-state index >= 15 is 0 Å². The fourth-order valence-corrected chi connectivity index (χ4v) is 2.83. The summed E-state index contributed by atoms with van der Waals surface area (Å²) in [4.78, 5) is 23.2. The molecule has 1 aliphatic carbocycles. The van der Waals surface area contributed by atoms with Crippen molar-refractivity contribution >= 4 is 11.8 Å². The van der Waals surface area contributed by atoms with Crippen LogP contribution in [0, 0.1) is 11.3 Å². The summed E-state index contributed by atoms with van der Waals surface area (Å²) in [5, 5.41) is 9.21. The van der Waals surface area contributed by atoms with Crippen molar-refractivity contribution in [1.82, 2.24) is 0 Å². The van der Waals surface area contributed by atoms with E-state index in [9.17, 15) is 14.7 Å². The molecule has 3 nitrogen and oxygen atoms in total. The summed E-state index contributed by atoms with van der Waals surface area (Å²) < 4.78 is 0. The van der Waals surface area contributed by atoms with Crippen molar-refractivity contribution in [2.24, 2.45) is 11.3 Å². The Balaban J connectivity index is 2.10. The van der Waals surface area contributed by atoms with Gasteiger partial charge in [0.1, 0.15) is 5.78 Å². The molecular weight excluding hydrogens is 228 g/mol. The first-order valence-electron chi connectivity index (χ1n) is 6.34. The predicted molar refractivity (Wildman–Crippen MR) is 68.2 cm³/mol. The standard InChI is InChI=1S/C15H18O3/c1-15(10-9-11-5-3-2-4-6-11)12(14(17)18)7-8-13(15)16/h2-6,12H,7-10H2,1H3,(H,17,18)/t12-,15-/m1/s1. The molecule has 96 valence electrons. The summed E-state index contributed by atoms with van der Waals surface area (Å²) in [7, 11) is 0. The minimum Gasteiger partial charge on any atom is -0.481 e. The number of ketones is 1. The average Bonchev–Trinajstić information content (AvgIpc) is 2.65. The first kappa shape index (κ1) is 12.8. The number of aryl methyl sites for hydroxylation is 1. The topological polar surface area (TPSA) is 54.4 Å². The number of carboxylic acid groups (broad SMARTS) is 1. The van der Waals surface area contributed by atoms with Gasteiger partial charge in [-0.1, -0.05) is 37.3 Å². The summed E-state index contributed by atoms with van der Waals surface area (Å²) in [6.45, 7) is 1.81. The first-order valence-corrected chi connectivity index (χ1v) is 6.34. The Kier molecular flexibility index (Phi) is 3.50. The van der Waals surface area contributed by atoms with E-state index in [2.05, 4.69) is 0 Å². The Morgan fingerprint density at radius 3 is 2.67 bits per heavy atom. The minimum absolute atomic E-state index is 0.103. The molecule has 0 spiro atoms. The van der Waals surface area contributed by atoms with Crippen LogP contribution in [0.15, 0.2) is 30.3 Å². The maximum Gasteiger partial charge on any atom is 0.307 e. The monoisotopic (exact) mass is 246 g/mol. The normalized spacial score (nSPS) is 27.4. The van der Waals surface area contributed by atoms with Crippen LogP contribution in [-0.2, 0) is 16.0 Å². The first-order chi connectivity index (χ1) is 8.54. The molecule has 2 rings (SSSR count). The van der Waals surface area contributed by atoms with Crippen molar-refractivity contribution in [3.63, 3.8) is 0 Å². The largest absolute Gasteiger partial charge is 0.481 e. The predicted octanol–water partition coefficient (Wildman–Crippen LogP) is 2.69. The number of hydrogen-bond donors (Lipinski definition) is 1. The fourth-order valence-electron chi connectivity index (χ4n) is 2.83. The molecule has 1 fully saturated rings. The van der Waals surface area contributed by atoms with E-state index in [4.69, 9.17) is 0 Å². The highest BCUT2D eigenvalue weighted by molar-refractivity contribution is 5.92. The van der Waals surface area contributed by atoms with Crippen molar-refractivity contribution in [3.8, 4) is 0 Å². The summed E-state index contributed by atoms with van der Waals surface area (Å²) in [5.74, 6) is -1.25.